The van der Waals surface area contributed by atoms with Gasteiger partial charge in [0.15, 0.2) is 22.6 Å². The van der Waals surface area contributed by atoms with Gasteiger partial charge in [0.05, 0.1) is 25.3 Å². The fraction of sp³-hybridized carbons (Fsp3) is 0.340. The number of carbonyl (C=O) groups excluding carboxylic acids is 2. The lowest BCUT2D eigenvalue weighted by molar-refractivity contribution is -0.157. The molecule has 1 aliphatic heterocycles. The number of nitrogens with one attached hydrogen (secondary N) is 1. The van der Waals surface area contributed by atoms with Crippen molar-refractivity contribution in [2.75, 3.05) is 19.0 Å². The summed E-state index contributed by atoms with van der Waals surface area (Å²) in [6, 6.07) is 30.8. The van der Waals surface area contributed by atoms with Crippen molar-refractivity contribution < 1.29 is 38.0 Å². The zero-order valence-corrected chi connectivity index (χ0v) is 36.7. The monoisotopic (exact) mass is 853 g/mol. The van der Waals surface area contributed by atoms with E-state index in [4.69, 9.17) is 25.4 Å². The summed E-state index contributed by atoms with van der Waals surface area (Å²) >= 11 is 0. The quantitative estimate of drug-likeness (QED) is 0.0379. The molecule has 2 aromatic heterocycles. The Morgan fingerprint density at radius 3 is 2.16 bits per heavy atom. The molecule has 13 heteroatoms. The number of terminal acetylenes is 1. The van der Waals surface area contributed by atoms with Crippen LogP contribution < -0.4 is 14.8 Å². The summed E-state index contributed by atoms with van der Waals surface area (Å²) in [5, 5.41) is 15.0. The van der Waals surface area contributed by atoms with E-state index >= 15 is 4.39 Å². The topological polar surface area (TPSA) is 147 Å². The summed E-state index contributed by atoms with van der Waals surface area (Å²) in [7, 11) is 1.60. The van der Waals surface area contributed by atoms with Crippen molar-refractivity contribution in [3.8, 4) is 23.8 Å². The van der Waals surface area contributed by atoms with E-state index in [1.54, 1.807) is 33.9 Å². The molecule has 1 fully saturated rings. The summed E-state index contributed by atoms with van der Waals surface area (Å²) < 4.78 is 40.7. The maximum Gasteiger partial charge on any atom is 0.316 e. The van der Waals surface area contributed by atoms with Crippen LogP contribution in [0.2, 0.25) is 0 Å². The molecule has 63 heavy (non-hydrogen) atoms. The number of anilines is 1. The highest BCUT2D eigenvalue weighted by molar-refractivity contribution is 5.84. The summed E-state index contributed by atoms with van der Waals surface area (Å²) in [6.07, 6.45) is 3.98. The molecule has 3 atom stereocenters. The van der Waals surface area contributed by atoms with Crippen molar-refractivity contribution in [1.29, 1.82) is 0 Å². The molecule has 0 radical (unpaired) electrons. The number of imidazole rings is 1. The van der Waals surface area contributed by atoms with Gasteiger partial charge in [0.25, 0.3) is 0 Å². The predicted molar refractivity (Wildman–Crippen MR) is 237 cm³/mol. The number of benzene rings is 4. The van der Waals surface area contributed by atoms with Gasteiger partial charge >= 0.3 is 18.0 Å². The molecule has 0 spiro atoms. The van der Waals surface area contributed by atoms with Gasteiger partial charge in [0.2, 0.25) is 0 Å². The van der Waals surface area contributed by atoms with Crippen molar-refractivity contribution in [2.45, 2.75) is 90.2 Å². The lowest BCUT2D eigenvalue weighted by Crippen LogP contribution is -2.43. The second kappa shape index (κ2) is 17.3. The Hall–Kier alpha value is -6.62. The molecule has 0 bridgehead atoms. The standard InChI is InChI=1S/C50H52FN5O7/c1-10-49(29-61-40(58)28-48(7,8)41-32(3)25-31(2)26-37(41)62-45(59)47(4,5)6)38(57)27-39(63-49)56-30-52-42-43(53-46(51)54-44(42)56)55-50(33-17-13-11-14-18-33,34-19-15-12-16-20-34)35-21-23-36(60-9)24-22-35/h1,11-26,30,38-39,57H,27-29H2,2-9H3,(H,53,54,55)/t38-,39+,49+/m0/s1. The van der Waals surface area contributed by atoms with Gasteiger partial charge in [-0.15, -0.1) is 6.42 Å². The molecule has 0 unspecified atom stereocenters. The third kappa shape index (κ3) is 8.74. The lowest BCUT2D eigenvalue weighted by Gasteiger charge is -2.37. The summed E-state index contributed by atoms with van der Waals surface area (Å²) in [5.41, 5.74) is 0.762. The van der Waals surface area contributed by atoms with Crippen molar-refractivity contribution in [1.82, 2.24) is 19.5 Å². The van der Waals surface area contributed by atoms with Crippen LogP contribution in [0.15, 0.2) is 103 Å². The third-order valence-electron chi connectivity index (χ3n) is 11.5. The van der Waals surface area contributed by atoms with E-state index in [-0.39, 0.29) is 29.8 Å². The van der Waals surface area contributed by atoms with Crippen LogP contribution in [-0.4, -0.2) is 62.0 Å². The number of esters is 2. The van der Waals surface area contributed by atoms with Crippen LogP contribution >= 0.6 is 0 Å². The first-order chi connectivity index (χ1) is 29.9. The predicted octanol–water partition coefficient (Wildman–Crippen LogP) is 8.51. The number of methoxy groups -OCH3 is 1. The number of fused-ring (bicyclic) bond motifs is 1. The first kappa shape index (κ1) is 44.4. The molecule has 6 aromatic rings. The SMILES string of the molecule is C#C[C@]1(COC(=O)CC(C)(C)c2c(C)cc(C)cc2OC(=O)C(C)(C)C)O[C@@H](n2cnc3c(NC(c4ccccc4)(c4ccccc4)c4ccc(OC)cc4)nc(F)nc32)C[C@@H]1O. The van der Waals surface area contributed by atoms with Crippen LogP contribution in [-0.2, 0) is 30.0 Å². The zero-order chi connectivity index (χ0) is 45.3. The van der Waals surface area contributed by atoms with Crippen molar-refractivity contribution in [3.05, 3.63) is 143 Å². The van der Waals surface area contributed by atoms with Crippen LogP contribution in [0.25, 0.3) is 11.2 Å². The number of aliphatic hydroxyl groups is 1. The maximum atomic E-state index is 15.7. The number of carbonyl (C=O) groups is 2. The second-order valence-corrected chi connectivity index (χ2v) is 17.7. The number of rotatable bonds is 13. The van der Waals surface area contributed by atoms with E-state index in [1.165, 1.54) is 10.9 Å². The molecule has 1 aliphatic rings. The molecule has 0 saturated carbocycles. The van der Waals surface area contributed by atoms with E-state index in [0.717, 1.165) is 27.8 Å². The summed E-state index contributed by atoms with van der Waals surface area (Å²) in [5.74, 6) is 2.64. The average Bonchev–Trinajstić information content (AvgIpc) is 3.82. The van der Waals surface area contributed by atoms with E-state index < -0.39 is 58.9 Å². The van der Waals surface area contributed by atoms with E-state index in [0.29, 0.717) is 17.1 Å². The lowest BCUT2D eigenvalue weighted by atomic mass is 9.77. The maximum absolute atomic E-state index is 15.7. The molecule has 1 saturated heterocycles. The number of hydrogen-bond acceptors (Lipinski definition) is 11. The Morgan fingerprint density at radius 1 is 0.952 bits per heavy atom. The molecule has 7 rings (SSSR count). The smallest absolute Gasteiger partial charge is 0.316 e. The van der Waals surface area contributed by atoms with Crippen LogP contribution in [0.4, 0.5) is 10.2 Å². The summed E-state index contributed by atoms with van der Waals surface area (Å²) in [4.78, 5) is 39.6. The second-order valence-electron chi connectivity index (χ2n) is 17.7. The Kier molecular flexibility index (Phi) is 12.2. The Balaban J connectivity index is 1.17. The third-order valence-corrected chi connectivity index (χ3v) is 11.5. The fourth-order valence-electron chi connectivity index (χ4n) is 8.34. The molecule has 3 heterocycles. The van der Waals surface area contributed by atoms with Gasteiger partial charge in [-0.05, 0) is 80.6 Å². The minimum Gasteiger partial charge on any atom is -0.497 e. The Morgan fingerprint density at radius 2 is 1.57 bits per heavy atom. The number of aromatic nitrogens is 4. The number of aryl methyl sites for hydroxylation is 2. The average molecular weight is 854 g/mol. The van der Waals surface area contributed by atoms with Gasteiger partial charge < -0.3 is 29.4 Å². The van der Waals surface area contributed by atoms with Gasteiger partial charge in [-0.25, -0.2) is 4.98 Å². The molecular weight excluding hydrogens is 802 g/mol. The fourth-order valence-corrected chi connectivity index (χ4v) is 8.34. The number of ether oxygens (including phenoxy) is 4. The number of aliphatic hydroxyl groups excluding tert-OH is 1. The van der Waals surface area contributed by atoms with Gasteiger partial charge in [-0.3, -0.25) is 14.2 Å². The van der Waals surface area contributed by atoms with Gasteiger partial charge in [-0.1, -0.05) is 98.6 Å². The van der Waals surface area contributed by atoms with Crippen molar-refractivity contribution in [3.63, 3.8) is 0 Å². The Bertz CT molecular complexity index is 2630. The minimum absolute atomic E-state index is 0.0536. The van der Waals surface area contributed by atoms with Crippen molar-refractivity contribution in [2.24, 2.45) is 5.41 Å². The van der Waals surface area contributed by atoms with E-state index in [9.17, 15) is 14.7 Å². The molecule has 326 valence electrons. The number of hydrogen-bond donors (Lipinski definition) is 2. The highest BCUT2D eigenvalue weighted by Gasteiger charge is 2.50. The van der Waals surface area contributed by atoms with Crippen LogP contribution in [0.3, 0.4) is 0 Å². The number of nitrogens with zero attached hydrogens (tertiary/aromatic N) is 4. The zero-order valence-electron chi connectivity index (χ0n) is 36.7. The molecule has 0 aliphatic carbocycles. The van der Waals surface area contributed by atoms with Crippen LogP contribution in [0.1, 0.15) is 87.1 Å². The van der Waals surface area contributed by atoms with Crippen molar-refractivity contribution >= 4 is 28.9 Å². The molecule has 0 amide bonds. The highest BCUT2D eigenvalue weighted by atomic mass is 19.1. The first-order valence-electron chi connectivity index (χ1n) is 20.7. The van der Waals surface area contributed by atoms with E-state index in [1.807, 2.05) is 119 Å². The molecule has 2 N–H and O–H groups in total. The first-order valence-corrected chi connectivity index (χ1v) is 20.7. The normalized spacial score (nSPS) is 17.9. The molecular formula is C50H52FN5O7. The Labute approximate surface area is 366 Å². The number of halogens is 1. The van der Waals surface area contributed by atoms with Crippen LogP contribution in [0, 0.1) is 37.7 Å². The summed E-state index contributed by atoms with van der Waals surface area (Å²) in [6.45, 7) is 12.4. The minimum atomic E-state index is -1.76. The van der Waals surface area contributed by atoms with Crippen LogP contribution in [0.5, 0.6) is 11.5 Å². The van der Waals surface area contributed by atoms with Gasteiger partial charge in [0, 0.05) is 17.4 Å². The van der Waals surface area contributed by atoms with Gasteiger partial charge in [0.1, 0.15) is 36.0 Å². The highest BCUT2D eigenvalue weighted by Crippen LogP contribution is 2.44. The largest absolute Gasteiger partial charge is 0.497 e. The van der Waals surface area contributed by atoms with Gasteiger partial charge in [-0.2, -0.15) is 14.4 Å². The molecule has 12 nitrogen and oxygen atoms in total. The van der Waals surface area contributed by atoms with E-state index in [2.05, 4.69) is 26.2 Å². The molecule has 4 aromatic carbocycles.